The smallest absolute Gasteiger partial charge is 0.331 e. The maximum Gasteiger partial charge on any atom is 0.331 e. The number of esters is 1. The summed E-state index contributed by atoms with van der Waals surface area (Å²) in [6.07, 6.45) is 1.47. The molecular formula is C21H16N4O4. The standard InChI is InChI=1S/C21H16N4O4/c1-13-10-18(23-12-22-13)24-14-6-8-15(9-7-14)29-19(26)11-25-20(27)16-4-2-3-5-17(16)21(25)28/h2-10,12H,11H2,1H3,(H,22,23,24). The van der Waals surface area contributed by atoms with Gasteiger partial charge in [0.25, 0.3) is 11.8 Å². The van der Waals surface area contributed by atoms with E-state index in [0.717, 1.165) is 16.3 Å². The Morgan fingerprint density at radius 1 is 1.00 bits per heavy atom. The molecule has 2 heterocycles. The molecule has 1 aliphatic heterocycles. The van der Waals surface area contributed by atoms with Crippen LogP contribution in [0.25, 0.3) is 0 Å². The van der Waals surface area contributed by atoms with Gasteiger partial charge in [0.2, 0.25) is 0 Å². The molecule has 0 bridgehead atoms. The predicted octanol–water partition coefficient (Wildman–Crippen LogP) is 2.73. The van der Waals surface area contributed by atoms with Crippen molar-refractivity contribution in [3.63, 3.8) is 0 Å². The fourth-order valence-electron chi connectivity index (χ4n) is 2.95. The third-order valence-electron chi connectivity index (χ3n) is 4.33. The Kier molecular flexibility index (Phi) is 4.74. The zero-order valence-corrected chi connectivity index (χ0v) is 15.5. The van der Waals surface area contributed by atoms with Crippen molar-refractivity contribution in [1.29, 1.82) is 0 Å². The van der Waals surface area contributed by atoms with Gasteiger partial charge in [-0.25, -0.2) is 14.8 Å². The maximum absolute atomic E-state index is 12.3. The van der Waals surface area contributed by atoms with Crippen LogP contribution in [0.5, 0.6) is 5.75 Å². The number of rotatable bonds is 5. The first-order chi connectivity index (χ1) is 14.0. The Morgan fingerprint density at radius 3 is 2.28 bits per heavy atom. The first-order valence-corrected chi connectivity index (χ1v) is 8.83. The lowest BCUT2D eigenvalue weighted by atomic mass is 10.1. The Balaban J connectivity index is 1.38. The number of nitrogens with zero attached hydrogens (tertiary/aromatic N) is 3. The van der Waals surface area contributed by atoms with E-state index in [1.807, 2.05) is 6.92 Å². The molecule has 0 fully saturated rings. The van der Waals surface area contributed by atoms with Crippen LogP contribution in [-0.4, -0.2) is 39.2 Å². The van der Waals surface area contributed by atoms with Crippen LogP contribution in [0.1, 0.15) is 26.4 Å². The summed E-state index contributed by atoms with van der Waals surface area (Å²) in [5.41, 5.74) is 2.17. The van der Waals surface area contributed by atoms with Crippen LogP contribution in [0, 0.1) is 6.92 Å². The molecule has 8 nitrogen and oxygen atoms in total. The Labute approximate surface area is 166 Å². The number of benzene rings is 2. The molecule has 0 saturated heterocycles. The summed E-state index contributed by atoms with van der Waals surface area (Å²) < 4.78 is 5.26. The normalized spacial score (nSPS) is 12.7. The van der Waals surface area contributed by atoms with Crippen molar-refractivity contribution in [2.45, 2.75) is 6.92 Å². The van der Waals surface area contributed by atoms with Crippen molar-refractivity contribution < 1.29 is 19.1 Å². The van der Waals surface area contributed by atoms with E-state index in [-0.39, 0.29) is 0 Å². The second-order valence-electron chi connectivity index (χ2n) is 6.41. The van der Waals surface area contributed by atoms with Gasteiger partial charge in [-0.2, -0.15) is 0 Å². The molecule has 2 aromatic carbocycles. The summed E-state index contributed by atoms with van der Waals surface area (Å²) in [5, 5.41) is 3.12. The molecule has 1 aliphatic rings. The van der Waals surface area contributed by atoms with E-state index in [9.17, 15) is 14.4 Å². The zero-order chi connectivity index (χ0) is 20.4. The number of nitrogens with one attached hydrogen (secondary N) is 1. The molecule has 3 aromatic rings. The van der Waals surface area contributed by atoms with Crippen molar-refractivity contribution in [2.24, 2.45) is 0 Å². The zero-order valence-electron chi connectivity index (χ0n) is 15.5. The van der Waals surface area contributed by atoms with Gasteiger partial charge in [-0.05, 0) is 43.3 Å². The van der Waals surface area contributed by atoms with Crippen molar-refractivity contribution in [2.75, 3.05) is 11.9 Å². The molecule has 0 atom stereocenters. The van der Waals surface area contributed by atoms with Gasteiger partial charge in [-0.15, -0.1) is 0 Å². The number of ether oxygens (including phenoxy) is 1. The second-order valence-corrected chi connectivity index (χ2v) is 6.41. The van der Waals surface area contributed by atoms with Crippen molar-refractivity contribution in [3.05, 3.63) is 77.7 Å². The van der Waals surface area contributed by atoms with Gasteiger partial charge in [-0.1, -0.05) is 12.1 Å². The van der Waals surface area contributed by atoms with E-state index in [1.165, 1.54) is 6.33 Å². The van der Waals surface area contributed by atoms with E-state index in [4.69, 9.17) is 4.74 Å². The van der Waals surface area contributed by atoms with E-state index in [1.54, 1.807) is 54.6 Å². The number of aryl methyl sites for hydroxylation is 1. The molecule has 2 amide bonds. The molecule has 29 heavy (non-hydrogen) atoms. The second kappa shape index (κ2) is 7.51. The lowest BCUT2D eigenvalue weighted by Gasteiger charge is -2.13. The number of carbonyl (C=O) groups excluding carboxylic acids is 3. The Bertz CT molecular complexity index is 1080. The number of amides is 2. The molecule has 0 aliphatic carbocycles. The highest BCUT2D eigenvalue weighted by Gasteiger charge is 2.36. The number of carbonyl (C=O) groups is 3. The fourth-order valence-corrected chi connectivity index (χ4v) is 2.95. The minimum atomic E-state index is -0.702. The van der Waals surface area contributed by atoms with Crippen LogP contribution in [0.3, 0.4) is 0 Å². The van der Waals surface area contributed by atoms with Crippen LogP contribution in [0.2, 0.25) is 0 Å². The quantitative estimate of drug-likeness (QED) is 0.407. The molecule has 8 heteroatoms. The van der Waals surface area contributed by atoms with Gasteiger partial charge in [0.1, 0.15) is 24.4 Å². The third kappa shape index (κ3) is 3.81. The minimum Gasteiger partial charge on any atom is -0.425 e. The molecule has 144 valence electrons. The molecule has 1 aromatic heterocycles. The van der Waals surface area contributed by atoms with Crippen LogP contribution in [0.4, 0.5) is 11.5 Å². The largest absolute Gasteiger partial charge is 0.425 e. The maximum atomic E-state index is 12.3. The van der Waals surface area contributed by atoms with Crippen molar-refractivity contribution >= 4 is 29.3 Å². The lowest BCUT2D eigenvalue weighted by Crippen LogP contribution is -2.36. The highest BCUT2D eigenvalue weighted by molar-refractivity contribution is 6.22. The number of aromatic nitrogens is 2. The number of hydrogen-bond acceptors (Lipinski definition) is 7. The van der Waals surface area contributed by atoms with E-state index < -0.39 is 24.3 Å². The molecule has 0 radical (unpaired) electrons. The van der Waals surface area contributed by atoms with Gasteiger partial charge >= 0.3 is 5.97 Å². The monoisotopic (exact) mass is 388 g/mol. The highest BCUT2D eigenvalue weighted by Crippen LogP contribution is 2.23. The van der Waals surface area contributed by atoms with Crippen LogP contribution < -0.4 is 10.1 Å². The minimum absolute atomic E-state index is 0.292. The fraction of sp³-hybridized carbons (Fsp3) is 0.0952. The Hall–Kier alpha value is -4.07. The topological polar surface area (TPSA) is 101 Å². The third-order valence-corrected chi connectivity index (χ3v) is 4.33. The average molecular weight is 388 g/mol. The lowest BCUT2D eigenvalue weighted by molar-refractivity contribution is -0.134. The number of anilines is 2. The van der Waals surface area contributed by atoms with Gasteiger partial charge in [-0.3, -0.25) is 14.5 Å². The van der Waals surface area contributed by atoms with Gasteiger partial charge in [0.05, 0.1) is 11.1 Å². The van der Waals surface area contributed by atoms with Gasteiger partial charge in [0.15, 0.2) is 0 Å². The summed E-state index contributed by atoms with van der Waals surface area (Å²) in [5.74, 6) is -0.750. The van der Waals surface area contributed by atoms with E-state index in [2.05, 4.69) is 15.3 Å². The SMILES string of the molecule is Cc1cc(Nc2ccc(OC(=O)CN3C(=O)c4ccccc4C3=O)cc2)ncn1. The van der Waals surface area contributed by atoms with Gasteiger partial charge < -0.3 is 10.1 Å². The first kappa shape index (κ1) is 18.3. The van der Waals surface area contributed by atoms with Crippen LogP contribution in [0.15, 0.2) is 60.9 Å². The molecule has 4 rings (SSSR count). The number of fused-ring (bicyclic) bond motifs is 1. The van der Waals surface area contributed by atoms with Crippen molar-refractivity contribution in [3.8, 4) is 5.75 Å². The average Bonchev–Trinajstić information content (AvgIpc) is 2.95. The number of hydrogen-bond donors (Lipinski definition) is 1. The van der Waals surface area contributed by atoms with E-state index in [0.29, 0.717) is 22.7 Å². The summed E-state index contributed by atoms with van der Waals surface area (Å²) in [4.78, 5) is 45.9. The number of imide groups is 1. The first-order valence-electron chi connectivity index (χ1n) is 8.83. The molecule has 0 unspecified atom stereocenters. The molecular weight excluding hydrogens is 372 g/mol. The Morgan fingerprint density at radius 2 is 1.66 bits per heavy atom. The summed E-state index contributed by atoms with van der Waals surface area (Å²) in [6.45, 7) is 1.41. The van der Waals surface area contributed by atoms with Crippen LogP contribution in [-0.2, 0) is 4.79 Å². The summed E-state index contributed by atoms with van der Waals surface area (Å²) in [6, 6.07) is 14.9. The molecule has 0 saturated carbocycles. The van der Waals surface area contributed by atoms with Gasteiger partial charge in [0, 0.05) is 17.4 Å². The summed E-state index contributed by atoms with van der Waals surface area (Å²) >= 11 is 0. The molecule has 1 N–H and O–H groups in total. The predicted molar refractivity (Wildman–Crippen MR) is 104 cm³/mol. The molecule has 0 spiro atoms. The van der Waals surface area contributed by atoms with Crippen LogP contribution >= 0.6 is 0 Å². The van der Waals surface area contributed by atoms with E-state index >= 15 is 0 Å². The highest BCUT2D eigenvalue weighted by atomic mass is 16.5. The van der Waals surface area contributed by atoms with Crippen molar-refractivity contribution in [1.82, 2.24) is 14.9 Å². The summed E-state index contributed by atoms with van der Waals surface area (Å²) in [7, 11) is 0.